The normalized spacial score (nSPS) is 10.0. The highest BCUT2D eigenvalue weighted by Crippen LogP contribution is 2.10. The number of anilines is 1. The third kappa shape index (κ3) is 4.57. The number of carbonyl (C=O) groups excluding carboxylic acids is 2. The molecule has 2 aromatic carbocycles. The smallest absolute Gasteiger partial charge is 0.337 e. The van der Waals surface area contributed by atoms with Crippen LogP contribution in [0.5, 0.6) is 0 Å². The van der Waals surface area contributed by atoms with Crippen LogP contribution in [0.1, 0.15) is 20.7 Å². The van der Waals surface area contributed by atoms with Gasteiger partial charge in [-0.15, -0.1) is 0 Å². The van der Waals surface area contributed by atoms with Crippen molar-refractivity contribution in [1.82, 2.24) is 5.32 Å². The molecule has 2 rings (SSSR count). The lowest BCUT2D eigenvalue weighted by Gasteiger charge is -2.19. The van der Waals surface area contributed by atoms with Crippen molar-refractivity contribution in [3.05, 3.63) is 65.7 Å². The Balaban J connectivity index is 1.84. The minimum atomic E-state index is -0.415. The van der Waals surface area contributed by atoms with Crippen LogP contribution in [0.3, 0.4) is 0 Å². The third-order valence-electron chi connectivity index (χ3n) is 3.50. The van der Waals surface area contributed by atoms with E-state index in [2.05, 4.69) is 15.0 Å². The number of rotatable bonds is 6. The molecule has 0 unspecified atom stereocenters. The molecule has 0 saturated carbocycles. The Morgan fingerprint density at radius 3 is 2.22 bits per heavy atom. The fourth-order valence-corrected chi connectivity index (χ4v) is 2.13. The summed E-state index contributed by atoms with van der Waals surface area (Å²) < 4.78 is 4.62. The summed E-state index contributed by atoms with van der Waals surface area (Å²) >= 11 is 0. The molecule has 0 saturated heterocycles. The molecular formula is C18H20N2O3. The summed E-state index contributed by atoms with van der Waals surface area (Å²) in [4.78, 5) is 25.5. The summed E-state index contributed by atoms with van der Waals surface area (Å²) in [6.07, 6.45) is 0. The van der Waals surface area contributed by atoms with Crippen molar-refractivity contribution < 1.29 is 14.3 Å². The highest BCUT2D eigenvalue weighted by Gasteiger charge is 2.09. The number of benzene rings is 2. The van der Waals surface area contributed by atoms with E-state index in [-0.39, 0.29) is 5.91 Å². The van der Waals surface area contributed by atoms with Crippen LogP contribution >= 0.6 is 0 Å². The van der Waals surface area contributed by atoms with E-state index in [1.807, 2.05) is 37.4 Å². The van der Waals surface area contributed by atoms with E-state index >= 15 is 0 Å². The molecule has 1 N–H and O–H groups in total. The van der Waals surface area contributed by atoms with Gasteiger partial charge in [-0.2, -0.15) is 0 Å². The molecule has 1 amide bonds. The summed E-state index contributed by atoms with van der Waals surface area (Å²) in [5.41, 5.74) is 2.04. The summed E-state index contributed by atoms with van der Waals surface area (Å²) in [7, 11) is 3.30. The first-order valence-electron chi connectivity index (χ1n) is 7.34. The molecular weight excluding hydrogens is 292 g/mol. The second-order valence-electron chi connectivity index (χ2n) is 5.08. The fourth-order valence-electron chi connectivity index (χ4n) is 2.13. The number of nitrogens with one attached hydrogen (secondary N) is 1. The number of methoxy groups -OCH3 is 1. The van der Waals surface area contributed by atoms with Gasteiger partial charge in [0.05, 0.1) is 12.7 Å². The molecule has 0 aliphatic rings. The van der Waals surface area contributed by atoms with Crippen LogP contribution in [0.25, 0.3) is 0 Å². The zero-order chi connectivity index (χ0) is 16.7. The van der Waals surface area contributed by atoms with Crippen molar-refractivity contribution in [2.45, 2.75) is 0 Å². The average Bonchev–Trinajstić information content (AvgIpc) is 2.61. The molecule has 120 valence electrons. The van der Waals surface area contributed by atoms with Gasteiger partial charge in [0.1, 0.15) is 0 Å². The van der Waals surface area contributed by atoms with Crippen LogP contribution in [0.4, 0.5) is 5.69 Å². The zero-order valence-corrected chi connectivity index (χ0v) is 13.3. The van der Waals surface area contributed by atoms with Crippen molar-refractivity contribution in [2.24, 2.45) is 0 Å². The Hall–Kier alpha value is -2.82. The van der Waals surface area contributed by atoms with Gasteiger partial charge in [0, 0.05) is 31.4 Å². The van der Waals surface area contributed by atoms with E-state index in [1.165, 1.54) is 7.11 Å². The first kappa shape index (κ1) is 16.5. The number of amides is 1. The lowest BCUT2D eigenvalue weighted by atomic mass is 10.1. The fraction of sp³-hybridized carbons (Fsp3) is 0.222. The van der Waals surface area contributed by atoms with Gasteiger partial charge in [-0.3, -0.25) is 4.79 Å². The second-order valence-corrected chi connectivity index (χ2v) is 5.08. The van der Waals surface area contributed by atoms with Crippen molar-refractivity contribution in [3.63, 3.8) is 0 Å². The zero-order valence-electron chi connectivity index (χ0n) is 13.3. The lowest BCUT2D eigenvalue weighted by Crippen LogP contribution is -2.32. The molecule has 5 heteroatoms. The number of carbonyl (C=O) groups is 2. The molecule has 0 aliphatic heterocycles. The molecule has 23 heavy (non-hydrogen) atoms. The summed E-state index contributed by atoms with van der Waals surface area (Å²) in [5, 5.41) is 2.87. The Kier molecular flexibility index (Phi) is 5.74. The van der Waals surface area contributed by atoms with E-state index < -0.39 is 5.97 Å². The van der Waals surface area contributed by atoms with Gasteiger partial charge >= 0.3 is 5.97 Å². The molecule has 0 aromatic heterocycles. The minimum absolute atomic E-state index is 0.164. The predicted octanol–water partition coefficient (Wildman–Crippen LogP) is 2.34. The molecule has 5 nitrogen and oxygen atoms in total. The van der Waals surface area contributed by atoms with Crippen LogP contribution in [-0.2, 0) is 4.74 Å². The molecule has 0 atom stereocenters. The van der Waals surface area contributed by atoms with Crippen molar-refractivity contribution in [2.75, 3.05) is 32.1 Å². The van der Waals surface area contributed by atoms with E-state index in [9.17, 15) is 9.59 Å². The van der Waals surface area contributed by atoms with Gasteiger partial charge in [-0.25, -0.2) is 4.79 Å². The molecule has 0 radical (unpaired) electrons. The summed E-state index contributed by atoms with van der Waals surface area (Å²) in [6.45, 7) is 1.24. The van der Waals surface area contributed by atoms with Crippen LogP contribution < -0.4 is 10.2 Å². The van der Waals surface area contributed by atoms with Crippen LogP contribution in [0.15, 0.2) is 54.6 Å². The summed E-state index contributed by atoms with van der Waals surface area (Å²) in [6, 6.07) is 16.4. The molecule has 2 aromatic rings. The van der Waals surface area contributed by atoms with Crippen molar-refractivity contribution >= 4 is 17.6 Å². The third-order valence-corrected chi connectivity index (χ3v) is 3.50. The van der Waals surface area contributed by atoms with Crippen molar-refractivity contribution in [1.29, 1.82) is 0 Å². The number of likely N-dealkylation sites (N-methyl/N-ethyl adjacent to an activating group) is 1. The minimum Gasteiger partial charge on any atom is -0.465 e. The van der Waals surface area contributed by atoms with E-state index in [4.69, 9.17) is 0 Å². The van der Waals surface area contributed by atoms with Crippen LogP contribution in [-0.4, -0.2) is 39.1 Å². The highest BCUT2D eigenvalue weighted by atomic mass is 16.5. The number of ether oxygens (including phenoxy) is 1. The molecule has 0 spiro atoms. The monoisotopic (exact) mass is 312 g/mol. The number of esters is 1. The van der Waals surface area contributed by atoms with Crippen LogP contribution in [0, 0.1) is 0 Å². The van der Waals surface area contributed by atoms with Gasteiger partial charge in [-0.05, 0) is 36.4 Å². The summed E-state index contributed by atoms with van der Waals surface area (Å²) in [5.74, 6) is -0.579. The molecule has 0 fully saturated rings. The largest absolute Gasteiger partial charge is 0.465 e. The quantitative estimate of drug-likeness (QED) is 0.832. The predicted molar refractivity (Wildman–Crippen MR) is 89.8 cm³/mol. The van der Waals surface area contributed by atoms with E-state index in [0.29, 0.717) is 24.2 Å². The van der Waals surface area contributed by atoms with Gasteiger partial charge in [0.2, 0.25) is 0 Å². The standard InChI is InChI=1S/C18H20N2O3/c1-20(16-6-4-3-5-7-16)13-12-19-17(21)14-8-10-15(11-9-14)18(22)23-2/h3-11H,12-13H2,1-2H3,(H,19,21). The molecule has 0 heterocycles. The Morgan fingerprint density at radius 2 is 1.61 bits per heavy atom. The Morgan fingerprint density at radius 1 is 1.00 bits per heavy atom. The Bertz CT molecular complexity index is 654. The van der Waals surface area contributed by atoms with Gasteiger partial charge in [0.25, 0.3) is 5.91 Å². The highest BCUT2D eigenvalue weighted by molar-refractivity contribution is 5.96. The second kappa shape index (κ2) is 7.98. The topological polar surface area (TPSA) is 58.6 Å². The van der Waals surface area contributed by atoms with Crippen molar-refractivity contribution in [3.8, 4) is 0 Å². The maximum Gasteiger partial charge on any atom is 0.337 e. The van der Waals surface area contributed by atoms with Gasteiger partial charge in [-0.1, -0.05) is 18.2 Å². The maximum absolute atomic E-state index is 12.1. The lowest BCUT2D eigenvalue weighted by molar-refractivity contribution is 0.0600. The number of hydrogen-bond acceptors (Lipinski definition) is 4. The van der Waals surface area contributed by atoms with E-state index in [0.717, 1.165) is 5.69 Å². The average molecular weight is 312 g/mol. The molecule has 0 aliphatic carbocycles. The Labute approximate surface area is 135 Å². The number of para-hydroxylation sites is 1. The van der Waals surface area contributed by atoms with Crippen LogP contribution in [0.2, 0.25) is 0 Å². The SMILES string of the molecule is COC(=O)c1ccc(C(=O)NCCN(C)c2ccccc2)cc1. The first-order chi connectivity index (χ1) is 11.1. The molecule has 0 bridgehead atoms. The van der Waals surface area contributed by atoms with E-state index in [1.54, 1.807) is 24.3 Å². The number of hydrogen-bond donors (Lipinski definition) is 1. The maximum atomic E-state index is 12.1. The van der Waals surface area contributed by atoms with Gasteiger partial charge < -0.3 is 15.0 Å². The first-order valence-corrected chi connectivity index (χ1v) is 7.34. The van der Waals surface area contributed by atoms with Gasteiger partial charge in [0.15, 0.2) is 0 Å². The number of nitrogens with zero attached hydrogens (tertiary/aromatic N) is 1.